The topological polar surface area (TPSA) is 46.6 Å². The molecule has 0 spiro atoms. The van der Waals surface area contributed by atoms with Crippen LogP contribution in [0.5, 0.6) is 11.5 Å². The van der Waals surface area contributed by atoms with Crippen molar-refractivity contribution in [3.63, 3.8) is 0 Å². The minimum Gasteiger partial charge on any atom is -0.457 e. The van der Waals surface area contributed by atoms with Crippen molar-refractivity contribution in [2.45, 2.75) is 16.7 Å². The molecule has 0 saturated carbocycles. The van der Waals surface area contributed by atoms with E-state index in [0.717, 1.165) is 27.8 Å². The summed E-state index contributed by atoms with van der Waals surface area (Å²) in [4.78, 5) is 27.0. The van der Waals surface area contributed by atoms with Gasteiger partial charge in [-0.05, 0) is 71.1 Å². The Labute approximate surface area is 224 Å². The van der Waals surface area contributed by atoms with Gasteiger partial charge in [-0.2, -0.15) is 0 Å². The molecular weight excluding hydrogens is 505 g/mol. The maximum Gasteiger partial charge on any atom is 0.240 e. The van der Waals surface area contributed by atoms with Crippen LogP contribution in [0.15, 0.2) is 97.1 Å². The van der Waals surface area contributed by atoms with E-state index in [9.17, 15) is 9.59 Å². The van der Waals surface area contributed by atoms with Gasteiger partial charge < -0.3 is 4.74 Å². The zero-order chi connectivity index (χ0) is 25.5. The van der Waals surface area contributed by atoms with E-state index in [-0.39, 0.29) is 11.8 Å². The summed E-state index contributed by atoms with van der Waals surface area (Å²) in [6.45, 7) is 2.00. The van der Waals surface area contributed by atoms with Gasteiger partial charge in [-0.15, -0.1) is 23.2 Å². The lowest BCUT2D eigenvalue weighted by Crippen LogP contribution is -2.57. The van der Waals surface area contributed by atoms with Gasteiger partial charge in [0.2, 0.25) is 11.8 Å². The first-order chi connectivity index (χ1) is 17.8. The third-order valence-corrected chi connectivity index (χ3v) is 9.19. The number of anilines is 1. The van der Waals surface area contributed by atoms with Crippen molar-refractivity contribution < 1.29 is 14.3 Å². The summed E-state index contributed by atoms with van der Waals surface area (Å²) >= 11 is 15.0. The van der Waals surface area contributed by atoms with Crippen molar-refractivity contribution in [2.24, 2.45) is 11.8 Å². The van der Waals surface area contributed by atoms with E-state index >= 15 is 0 Å². The van der Waals surface area contributed by atoms with E-state index in [1.807, 2.05) is 79.7 Å². The highest BCUT2D eigenvalue weighted by molar-refractivity contribution is 6.38. The minimum absolute atomic E-state index is 0.341. The zero-order valence-electron chi connectivity index (χ0n) is 19.8. The molecule has 2 atom stereocenters. The molecule has 2 amide bonds. The molecule has 2 bridgehead atoms. The number of ether oxygens (including phenoxy) is 1. The number of aryl methyl sites for hydroxylation is 1. The molecule has 0 N–H and O–H groups in total. The molecule has 0 unspecified atom stereocenters. The third-order valence-electron chi connectivity index (χ3n) is 7.91. The lowest BCUT2D eigenvalue weighted by molar-refractivity contribution is -0.122. The van der Waals surface area contributed by atoms with Crippen LogP contribution in [0.25, 0.3) is 0 Å². The van der Waals surface area contributed by atoms with Crippen molar-refractivity contribution in [3.05, 3.63) is 125 Å². The van der Waals surface area contributed by atoms with Crippen molar-refractivity contribution in [1.82, 2.24) is 0 Å². The number of nitrogens with zero attached hydrogens (tertiary/aromatic N) is 1. The van der Waals surface area contributed by atoms with Gasteiger partial charge in [0.1, 0.15) is 21.2 Å². The number of imide groups is 1. The van der Waals surface area contributed by atoms with Gasteiger partial charge in [0.05, 0.1) is 17.5 Å². The number of alkyl halides is 2. The summed E-state index contributed by atoms with van der Waals surface area (Å²) in [5.41, 5.74) is 4.71. The Hall–Kier alpha value is -3.60. The number of hydrogen-bond donors (Lipinski definition) is 0. The molecule has 8 rings (SSSR count). The zero-order valence-corrected chi connectivity index (χ0v) is 21.3. The van der Waals surface area contributed by atoms with Crippen LogP contribution >= 0.6 is 23.2 Å². The lowest BCUT2D eigenvalue weighted by atomic mass is 9.54. The normalized spacial score (nSPS) is 27.1. The molecule has 4 aromatic carbocycles. The van der Waals surface area contributed by atoms with Crippen molar-refractivity contribution in [2.75, 3.05) is 4.90 Å². The molecule has 4 aromatic rings. The summed E-state index contributed by atoms with van der Waals surface area (Å²) in [6, 6.07) is 30.0. The molecule has 6 heteroatoms. The number of halogens is 2. The molecule has 0 radical (unpaired) electrons. The van der Waals surface area contributed by atoms with Crippen LogP contribution in [0.4, 0.5) is 5.69 Å². The number of carbonyl (C=O) groups is 2. The van der Waals surface area contributed by atoms with Gasteiger partial charge >= 0.3 is 0 Å². The van der Waals surface area contributed by atoms with E-state index in [1.54, 1.807) is 24.3 Å². The van der Waals surface area contributed by atoms with Crippen LogP contribution in [0.1, 0.15) is 27.8 Å². The fourth-order valence-electron chi connectivity index (χ4n) is 6.40. The molecule has 1 saturated heterocycles. The van der Waals surface area contributed by atoms with Crippen LogP contribution in [0, 0.1) is 18.8 Å². The van der Waals surface area contributed by atoms with E-state index < -0.39 is 21.6 Å². The van der Waals surface area contributed by atoms with E-state index in [1.165, 1.54) is 4.90 Å². The Kier molecular flexibility index (Phi) is 4.70. The monoisotopic (exact) mass is 525 g/mol. The Morgan fingerprint density at radius 1 is 0.649 bits per heavy atom. The Balaban J connectivity index is 1.32. The Morgan fingerprint density at radius 3 is 1.59 bits per heavy atom. The van der Waals surface area contributed by atoms with Crippen molar-refractivity contribution in [3.8, 4) is 11.5 Å². The summed E-state index contributed by atoms with van der Waals surface area (Å²) in [5.74, 6) is -1.02. The number of hydrogen-bond acceptors (Lipinski definition) is 3. The second kappa shape index (κ2) is 7.70. The highest BCUT2D eigenvalue weighted by atomic mass is 35.5. The minimum atomic E-state index is -1.19. The summed E-state index contributed by atoms with van der Waals surface area (Å²) in [5, 5.41) is 0. The quantitative estimate of drug-likeness (QED) is 0.216. The SMILES string of the molecule is Cc1cccc(Oc2ccc(N3C(=O)[C@H]4[C@H](C3=O)C3(Cl)c5ccccc5C4(Cl)c4ccccc43)cc2)c1. The second-order valence-corrected chi connectivity index (χ2v) is 11.1. The third kappa shape index (κ3) is 2.86. The average molecular weight is 526 g/mol. The number of benzene rings is 4. The maximum absolute atomic E-state index is 14.1. The van der Waals surface area contributed by atoms with Gasteiger partial charge in [0, 0.05) is 0 Å². The van der Waals surface area contributed by atoms with Gasteiger partial charge in [-0.3, -0.25) is 9.59 Å². The Morgan fingerprint density at radius 2 is 1.14 bits per heavy atom. The first kappa shape index (κ1) is 22.6. The molecule has 3 aliphatic carbocycles. The van der Waals surface area contributed by atoms with E-state index in [4.69, 9.17) is 27.9 Å². The van der Waals surface area contributed by atoms with E-state index in [0.29, 0.717) is 17.2 Å². The van der Waals surface area contributed by atoms with Gasteiger partial charge in [0.25, 0.3) is 0 Å². The fraction of sp³-hybridized carbons (Fsp3) is 0.161. The van der Waals surface area contributed by atoms with Crippen LogP contribution < -0.4 is 9.64 Å². The van der Waals surface area contributed by atoms with Crippen LogP contribution in [-0.2, 0) is 19.3 Å². The van der Waals surface area contributed by atoms with Crippen LogP contribution in [0.3, 0.4) is 0 Å². The number of carbonyl (C=O) groups excluding carboxylic acids is 2. The predicted molar refractivity (Wildman–Crippen MR) is 143 cm³/mol. The van der Waals surface area contributed by atoms with Crippen molar-refractivity contribution in [1.29, 1.82) is 0 Å². The first-order valence-electron chi connectivity index (χ1n) is 12.2. The van der Waals surface area contributed by atoms with Crippen LogP contribution in [-0.4, -0.2) is 11.8 Å². The first-order valence-corrected chi connectivity index (χ1v) is 12.9. The lowest BCUT2D eigenvalue weighted by Gasteiger charge is -2.54. The molecule has 0 aromatic heterocycles. The summed E-state index contributed by atoms with van der Waals surface area (Å²) < 4.78 is 5.96. The summed E-state index contributed by atoms with van der Waals surface area (Å²) in [7, 11) is 0. The standard InChI is InChI=1S/C31H21Cl2NO3/c1-18-7-6-8-21(17-18)37-20-15-13-19(14-16-20)34-28(35)26-27(29(34)36)31(33)23-10-3-2-9-22(23)30(26,32)24-11-4-5-12-25(24)31/h2-17,26-27H,1H3/t26-,27-,30?,31?/m1/s1. The number of amides is 2. The molecule has 37 heavy (non-hydrogen) atoms. The average Bonchev–Trinajstić information content (AvgIpc) is 3.19. The predicted octanol–water partition coefficient (Wildman–Crippen LogP) is 6.88. The Bertz CT molecular complexity index is 1490. The van der Waals surface area contributed by atoms with Gasteiger partial charge in [-0.25, -0.2) is 4.90 Å². The van der Waals surface area contributed by atoms with Crippen molar-refractivity contribution >= 4 is 40.7 Å². The van der Waals surface area contributed by atoms with Gasteiger partial charge in [0.15, 0.2) is 0 Å². The highest BCUT2D eigenvalue weighted by Crippen LogP contribution is 2.69. The molecule has 1 aliphatic heterocycles. The fourth-order valence-corrected chi connectivity index (χ4v) is 7.50. The van der Waals surface area contributed by atoms with E-state index in [2.05, 4.69) is 0 Å². The molecule has 4 aliphatic rings. The van der Waals surface area contributed by atoms with Crippen LogP contribution in [0.2, 0.25) is 0 Å². The number of rotatable bonds is 3. The summed E-state index contributed by atoms with van der Waals surface area (Å²) in [6.07, 6.45) is 0. The second-order valence-electron chi connectivity index (χ2n) is 9.89. The molecule has 182 valence electrons. The largest absolute Gasteiger partial charge is 0.457 e. The maximum atomic E-state index is 14.1. The molecular formula is C31H21Cl2NO3. The molecule has 4 nitrogen and oxygen atoms in total. The highest BCUT2D eigenvalue weighted by Gasteiger charge is 2.73. The molecule has 1 heterocycles. The smallest absolute Gasteiger partial charge is 0.240 e. The van der Waals surface area contributed by atoms with Gasteiger partial charge in [-0.1, -0.05) is 60.7 Å². The molecule has 1 fully saturated rings.